The fourth-order valence-corrected chi connectivity index (χ4v) is 3.93. The Morgan fingerprint density at radius 2 is 1.87 bits per heavy atom. The quantitative estimate of drug-likeness (QED) is 0.300. The molecule has 5 rings (SSSR count). The Morgan fingerprint density at radius 1 is 1.10 bits per heavy atom. The highest BCUT2D eigenvalue weighted by Gasteiger charge is 2.37. The number of phenols is 2. The van der Waals surface area contributed by atoms with Crippen LogP contribution in [-0.2, 0) is 11.8 Å². The van der Waals surface area contributed by atoms with Gasteiger partial charge in [-0.25, -0.2) is 0 Å². The van der Waals surface area contributed by atoms with Crippen LogP contribution in [0, 0.1) is 0 Å². The van der Waals surface area contributed by atoms with Crippen LogP contribution in [0.5, 0.6) is 17.2 Å². The zero-order valence-corrected chi connectivity index (χ0v) is 15.8. The van der Waals surface area contributed by atoms with Crippen LogP contribution < -0.4 is 10.2 Å². The third-order valence-corrected chi connectivity index (χ3v) is 5.32. The number of carbonyl (C=O) groups is 1. The monoisotopic (exact) mass is 404 g/mol. The number of ether oxygens (including phenoxy) is 1. The molecule has 2 aromatic heterocycles. The van der Waals surface area contributed by atoms with Gasteiger partial charge in [0, 0.05) is 36.5 Å². The van der Waals surface area contributed by atoms with Gasteiger partial charge in [-0.05, 0) is 6.07 Å². The number of aromatic nitrogens is 2. The minimum Gasteiger partial charge on any atom is -0.504 e. The van der Waals surface area contributed by atoms with E-state index in [4.69, 9.17) is 9.15 Å². The van der Waals surface area contributed by atoms with E-state index in [1.54, 1.807) is 36.1 Å². The topological polar surface area (TPSA) is 115 Å². The van der Waals surface area contributed by atoms with Crippen LogP contribution in [0.15, 0.2) is 57.9 Å². The van der Waals surface area contributed by atoms with E-state index < -0.39 is 28.8 Å². The Labute approximate surface area is 169 Å². The van der Waals surface area contributed by atoms with Crippen molar-refractivity contribution in [2.75, 3.05) is 0 Å². The molecule has 150 valence electrons. The molecule has 0 spiro atoms. The Morgan fingerprint density at radius 3 is 2.57 bits per heavy atom. The molecule has 8 nitrogen and oxygen atoms in total. The first-order valence-electron chi connectivity index (χ1n) is 9.25. The van der Waals surface area contributed by atoms with Crippen molar-refractivity contribution in [1.82, 2.24) is 9.78 Å². The van der Waals surface area contributed by atoms with Crippen LogP contribution in [0.1, 0.15) is 23.6 Å². The lowest BCUT2D eigenvalue weighted by atomic mass is 9.87. The van der Waals surface area contributed by atoms with Crippen molar-refractivity contribution in [1.29, 1.82) is 0 Å². The number of fused-ring (bicyclic) bond motifs is 3. The molecule has 0 fully saturated rings. The van der Waals surface area contributed by atoms with Gasteiger partial charge in [0.25, 0.3) is 0 Å². The second kappa shape index (κ2) is 6.48. The van der Waals surface area contributed by atoms with Gasteiger partial charge in [0.1, 0.15) is 16.7 Å². The molecule has 8 heteroatoms. The Bertz CT molecular complexity index is 1370. The summed E-state index contributed by atoms with van der Waals surface area (Å²) in [5.74, 6) is -2.44. The number of carbonyl (C=O) groups excluding carboxylic acids is 1. The molecule has 4 aromatic rings. The molecule has 2 N–H and O–H groups in total. The number of hydrogen-bond donors (Lipinski definition) is 2. The normalized spacial score (nSPS) is 15.8. The summed E-state index contributed by atoms with van der Waals surface area (Å²) in [4.78, 5) is 25.2. The average molecular weight is 404 g/mol. The van der Waals surface area contributed by atoms with Crippen LogP contribution in [0.3, 0.4) is 0 Å². The Kier molecular flexibility index (Phi) is 3.89. The van der Waals surface area contributed by atoms with Crippen molar-refractivity contribution in [2.24, 2.45) is 7.05 Å². The summed E-state index contributed by atoms with van der Waals surface area (Å²) in [6, 6.07) is 12.0. The van der Waals surface area contributed by atoms with Crippen molar-refractivity contribution >= 4 is 16.9 Å². The summed E-state index contributed by atoms with van der Waals surface area (Å²) in [5.41, 5.74) is 1.20. The highest BCUT2D eigenvalue weighted by atomic mass is 16.5. The lowest BCUT2D eigenvalue weighted by Crippen LogP contribution is -2.23. The molecular formula is C22H16N2O6. The highest BCUT2D eigenvalue weighted by molar-refractivity contribution is 5.96. The predicted molar refractivity (Wildman–Crippen MR) is 107 cm³/mol. The van der Waals surface area contributed by atoms with Gasteiger partial charge >= 0.3 is 5.97 Å². The number of phenolic OH excluding ortho intramolecular Hbond substituents is 2. The van der Waals surface area contributed by atoms with Crippen molar-refractivity contribution < 1.29 is 24.2 Å². The van der Waals surface area contributed by atoms with E-state index in [-0.39, 0.29) is 23.1 Å². The standard InChI is InChI=1S/C22H16N2O6/c1-24-13(7-8-23-24)12-9-16(26)30-22-17(12)21-18(19(27)20(22)28)14(25)10-15(29-21)11-5-3-2-4-6-11/h2-8,10,12,27-28H,9H2,1H3/t12-/m1/s1. The molecule has 1 atom stereocenters. The molecule has 0 bridgehead atoms. The summed E-state index contributed by atoms with van der Waals surface area (Å²) in [6.45, 7) is 0. The molecule has 0 radical (unpaired) electrons. The molecule has 1 aliphatic rings. The maximum atomic E-state index is 12.9. The van der Waals surface area contributed by atoms with E-state index in [0.717, 1.165) is 0 Å². The first-order valence-corrected chi connectivity index (χ1v) is 9.25. The largest absolute Gasteiger partial charge is 0.504 e. The third-order valence-electron chi connectivity index (χ3n) is 5.32. The molecule has 2 aromatic carbocycles. The third kappa shape index (κ3) is 2.57. The number of benzene rings is 2. The van der Waals surface area contributed by atoms with Crippen LogP contribution in [-0.4, -0.2) is 26.0 Å². The first kappa shape index (κ1) is 18.0. The molecule has 30 heavy (non-hydrogen) atoms. The van der Waals surface area contributed by atoms with Crippen LogP contribution >= 0.6 is 0 Å². The number of aromatic hydroxyl groups is 2. The fraction of sp³-hybridized carbons (Fsp3) is 0.136. The van der Waals surface area contributed by atoms with Crippen LogP contribution in [0.2, 0.25) is 0 Å². The molecule has 0 saturated carbocycles. The molecule has 0 amide bonds. The summed E-state index contributed by atoms with van der Waals surface area (Å²) >= 11 is 0. The van der Waals surface area contributed by atoms with Gasteiger partial charge in [-0.1, -0.05) is 30.3 Å². The second-order valence-corrected chi connectivity index (χ2v) is 7.10. The second-order valence-electron chi connectivity index (χ2n) is 7.10. The Balaban J connectivity index is 1.90. The zero-order chi connectivity index (χ0) is 21.0. The Hall–Kier alpha value is -4.07. The van der Waals surface area contributed by atoms with Gasteiger partial charge in [-0.3, -0.25) is 14.3 Å². The van der Waals surface area contributed by atoms with Gasteiger partial charge in [0.05, 0.1) is 12.0 Å². The number of nitrogens with zero attached hydrogens (tertiary/aromatic N) is 2. The molecule has 0 saturated heterocycles. The van der Waals surface area contributed by atoms with E-state index in [1.807, 2.05) is 18.2 Å². The number of rotatable bonds is 2. The predicted octanol–water partition coefficient (Wildman–Crippen LogP) is 3.05. The maximum Gasteiger partial charge on any atom is 0.312 e. The van der Waals surface area contributed by atoms with E-state index in [9.17, 15) is 19.8 Å². The molecular weight excluding hydrogens is 388 g/mol. The van der Waals surface area contributed by atoms with Crippen molar-refractivity contribution in [3.63, 3.8) is 0 Å². The van der Waals surface area contributed by atoms with E-state index >= 15 is 0 Å². The summed E-state index contributed by atoms with van der Waals surface area (Å²) in [6.07, 6.45) is 1.55. The average Bonchev–Trinajstić information content (AvgIpc) is 3.17. The summed E-state index contributed by atoms with van der Waals surface area (Å²) in [5, 5.41) is 25.0. The zero-order valence-electron chi connectivity index (χ0n) is 15.8. The fourth-order valence-electron chi connectivity index (χ4n) is 3.93. The summed E-state index contributed by atoms with van der Waals surface area (Å²) in [7, 11) is 1.73. The van der Waals surface area contributed by atoms with Gasteiger partial charge in [0.2, 0.25) is 5.75 Å². The molecule has 0 aliphatic carbocycles. The van der Waals surface area contributed by atoms with Crippen molar-refractivity contribution in [3.05, 3.63) is 70.1 Å². The number of aryl methyl sites for hydroxylation is 1. The van der Waals surface area contributed by atoms with Crippen molar-refractivity contribution in [3.8, 4) is 28.6 Å². The van der Waals surface area contributed by atoms with E-state index in [2.05, 4.69) is 5.10 Å². The summed E-state index contributed by atoms with van der Waals surface area (Å²) < 4.78 is 12.9. The van der Waals surface area contributed by atoms with Gasteiger partial charge in [-0.15, -0.1) is 0 Å². The lowest BCUT2D eigenvalue weighted by molar-refractivity contribution is -0.135. The maximum absolute atomic E-state index is 12.9. The smallest absolute Gasteiger partial charge is 0.312 e. The number of esters is 1. The van der Waals surface area contributed by atoms with Gasteiger partial charge < -0.3 is 19.4 Å². The minimum absolute atomic E-state index is 0.0366. The minimum atomic E-state index is -0.685. The molecule has 1 aliphatic heterocycles. The van der Waals surface area contributed by atoms with Crippen LogP contribution in [0.4, 0.5) is 0 Å². The lowest BCUT2D eigenvalue weighted by Gasteiger charge is -2.26. The molecule has 0 unspecified atom stereocenters. The number of hydrogen-bond acceptors (Lipinski definition) is 7. The first-order chi connectivity index (χ1) is 14.5. The van der Waals surface area contributed by atoms with E-state index in [0.29, 0.717) is 22.6 Å². The van der Waals surface area contributed by atoms with Crippen molar-refractivity contribution in [2.45, 2.75) is 12.3 Å². The van der Waals surface area contributed by atoms with Gasteiger partial charge in [0.15, 0.2) is 16.9 Å². The van der Waals surface area contributed by atoms with Crippen LogP contribution in [0.25, 0.3) is 22.3 Å². The van der Waals surface area contributed by atoms with E-state index in [1.165, 1.54) is 6.07 Å². The highest BCUT2D eigenvalue weighted by Crippen LogP contribution is 2.51. The van der Waals surface area contributed by atoms with Gasteiger partial charge in [-0.2, -0.15) is 5.10 Å². The SMILES string of the molecule is Cn1nccc1[C@H]1CC(=O)Oc2c(O)c(O)c3c(=O)cc(-c4ccccc4)oc3c21. The molecule has 3 heterocycles.